The van der Waals surface area contributed by atoms with Gasteiger partial charge >= 0.3 is 5.97 Å². The van der Waals surface area contributed by atoms with E-state index in [0.717, 1.165) is 54.8 Å². The second kappa shape index (κ2) is 24.1. The Morgan fingerprint density at radius 3 is 1.75 bits per heavy atom. The lowest BCUT2D eigenvalue weighted by atomic mass is 9.47. The van der Waals surface area contributed by atoms with Crippen LogP contribution in [0, 0.1) is 46.3 Å². The van der Waals surface area contributed by atoms with Crippen molar-refractivity contribution < 1.29 is 9.53 Å². The highest BCUT2D eigenvalue weighted by Crippen LogP contribution is 2.67. The maximum atomic E-state index is 12.9. The van der Waals surface area contributed by atoms with E-state index in [0.29, 0.717) is 17.3 Å². The van der Waals surface area contributed by atoms with Gasteiger partial charge in [0.1, 0.15) is 6.10 Å². The monoisotopic (exact) mass is 737 g/mol. The summed E-state index contributed by atoms with van der Waals surface area (Å²) >= 11 is 0. The van der Waals surface area contributed by atoms with Crippen LogP contribution < -0.4 is 0 Å². The highest BCUT2D eigenvalue weighted by molar-refractivity contribution is 5.69. The van der Waals surface area contributed by atoms with Crippen LogP contribution in [0.3, 0.4) is 0 Å². The molecule has 0 bridgehead atoms. The average Bonchev–Trinajstić information content (AvgIpc) is 3.49. The van der Waals surface area contributed by atoms with Crippen molar-refractivity contribution >= 4 is 5.97 Å². The standard InChI is InChI=1S/C51H92O2/c1-7-8-9-10-11-12-13-14-15-16-17-18-19-20-21-22-23-24-25-26-27-31-49(52)53-44-36-38-50(5)43(40-44)32-33-45-47-35-34-46(42(4)30-28-29-41(2)3)51(47,6)39-37-48(45)50/h32,41-42,44-48H,7-31,33-40H2,1-6H3. The molecule has 2 heteroatoms. The Labute approximate surface area is 332 Å². The predicted octanol–water partition coefficient (Wildman–Crippen LogP) is 16.5. The molecule has 3 saturated carbocycles. The zero-order valence-corrected chi connectivity index (χ0v) is 36.8. The van der Waals surface area contributed by atoms with Gasteiger partial charge in [-0.25, -0.2) is 0 Å². The number of unbranched alkanes of at least 4 members (excludes halogenated alkanes) is 20. The van der Waals surface area contributed by atoms with Crippen LogP contribution in [-0.2, 0) is 9.53 Å². The molecule has 53 heavy (non-hydrogen) atoms. The van der Waals surface area contributed by atoms with Crippen LogP contribution >= 0.6 is 0 Å². The van der Waals surface area contributed by atoms with Gasteiger partial charge in [0.15, 0.2) is 0 Å². The van der Waals surface area contributed by atoms with Crippen LogP contribution in [0.25, 0.3) is 0 Å². The molecule has 3 fully saturated rings. The highest BCUT2D eigenvalue weighted by atomic mass is 16.5. The molecule has 8 atom stereocenters. The Hall–Kier alpha value is -0.790. The zero-order valence-electron chi connectivity index (χ0n) is 36.8. The van der Waals surface area contributed by atoms with Crippen LogP contribution in [0.15, 0.2) is 11.6 Å². The van der Waals surface area contributed by atoms with Gasteiger partial charge in [0.2, 0.25) is 0 Å². The Kier molecular flexibility index (Phi) is 20.4. The summed E-state index contributed by atoms with van der Waals surface area (Å²) < 4.78 is 6.16. The average molecular weight is 737 g/mol. The van der Waals surface area contributed by atoms with Gasteiger partial charge in [-0.15, -0.1) is 0 Å². The van der Waals surface area contributed by atoms with E-state index in [1.54, 1.807) is 5.57 Å². The van der Waals surface area contributed by atoms with Crippen LogP contribution in [0.2, 0.25) is 0 Å². The van der Waals surface area contributed by atoms with Crippen LogP contribution in [0.5, 0.6) is 0 Å². The van der Waals surface area contributed by atoms with Gasteiger partial charge in [-0.2, -0.15) is 0 Å². The van der Waals surface area contributed by atoms with Crippen LogP contribution in [-0.4, -0.2) is 12.1 Å². The Morgan fingerprint density at radius 2 is 1.21 bits per heavy atom. The van der Waals surface area contributed by atoms with Crippen molar-refractivity contribution in [2.24, 2.45) is 46.3 Å². The minimum Gasteiger partial charge on any atom is -0.462 e. The fourth-order valence-corrected chi connectivity index (χ4v) is 12.7. The Balaban J connectivity index is 1.00. The molecule has 308 valence electrons. The molecule has 0 amide bonds. The molecule has 2 nitrogen and oxygen atoms in total. The normalized spacial score (nSPS) is 30.1. The van der Waals surface area contributed by atoms with Crippen molar-refractivity contribution in [1.82, 2.24) is 0 Å². The summed E-state index contributed by atoms with van der Waals surface area (Å²) in [6.45, 7) is 15.0. The van der Waals surface area contributed by atoms with E-state index in [4.69, 9.17) is 4.74 Å². The first kappa shape index (κ1) is 44.9. The summed E-state index contributed by atoms with van der Waals surface area (Å²) in [7, 11) is 0. The predicted molar refractivity (Wildman–Crippen MR) is 230 cm³/mol. The van der Waals surface area contributed by atoms with E-state index in [2.05, 4.69) is 47.6 Å². The summed E-state index contributed by atoms with van der Waals surface area (Å²) in [6, 6.07) is 0. The molecule has 0 saturated heterocycles. The van der Waals surface area contributed by atoms with Gasteiger partial charge in [-0.05, 0) is 97.7 Å². The van der Waals surface area contributed by atoms with Crippen molar-refractivity contribution in [3.05, 3.63) is 11.6 Å². The van der Waals surface area contributed by atoms with Gasteiger partial charge in [0.05, 0.1) is 0 Å². The third kappa shape index (κ3) is 14.0. The molecule has 4 aliphatic rings. The third-order valence-corrected chi connectivity index (χ3v) is 16.0. The minimum atomic E-state index is 0.0682. The van der Waals surface area contributed by atoms with Gasteiger partial charge in [0, 0.05) is 12.8 Å². The number of carbonyl (C=O) groups excluding carboxylic acids is 1. The lowest BCUT2D eigenvalue weighted by molar-refractivity contribution is -0.151. The van der Waals surface area contributed by atoms with Gasteiger partial charge in [0.25, 0.3) is 0 Å². The fourth-order valence-electron chi connectivity index (χ4n) is 12.7. The van der Waals surface area contributed by atoms with Crippen LogP contribution in [0.4, 0.5) is 0 Å². The van der Waals surface area contributed by atoms with Gasteiger partial charge in [-0.1, -0.05) is 201 Å². The number of esters is 1. The molecule has 0 heterocycles. The van der Waals surface area contributed by atoms with E-state index in [1.165, 1.54) is 186 Å². The molecular weight excluding hydrogens is 645 g/mol. The van der Waals surface area contributed by atoms with E-state index in [1.807, 2.05) is 0 Å². The smallest absolute Gasteiger partial charge is 0.306 e. The number of allylic oxidation sites excluding steroid dienone is 1. The summed E-state index contributed by atoms with van der Waals surface area (Å²) in [5, 5.41) is 0. The third-order valence-electron chi connectivity index (χ3n) is 16.0. The van der Waals surface area contributed by atoms with E-state index in [-0.39, 0.29) is 12.1 Å². The number of fused-ring (bicyclic) bond motifs is 5. The molecule has 4 rings (SSSR count). The molecule has 0 N–H and O–H groups in total. The topological polar surface area (TPSA) is 26.3 Å². The summed E-state index contributed by atoms with van der Waals surface area (Å²) in [5.74, 6) is 5.34. The molecule has 0 aromatic heterocycles. The maximum absolute atomic E-state index is 12.9. The van der Waals surface area contributed by atoms with Gasteiger partial charge in [-0.3, -0.25) is 4.79 Å². The highest BCUT2D eigenvalue weighted by Gasteiger charge is 2.59. The zero-order chi connectivity index (χ0) is 37.9. The Morgan fingerprint density at radius 1 is 0.660 bits per heavy atom. The number of ether oxygens (including phenoxy) is 1. The largest absolute Gasteiger partial charge is 0.462 e. The van der Waals surface area contributed by atoms with E-state index in [9.17, 15) is 4.79 Å². The van der Waals surface area contributed by atoms with Crippen molar-refractivity contribution in [1.29, 1.82) is 0 Å². The van der Waals surface area contributed by atoms with Crippen molar-refractivity contribution in [2.45, 2.75) is 260 Å². The van der Waals surface area contributed by atoms with E-state index >= 15 is 0 Å². The number of carbonyl (C=O) groups is 1. The van der Waals surface area contributed by atoms with Crippen molar-refractivity contribution in [3.8, 4) is 0 Å². The Bertz CT molecular complexity index is 1030. The van der Waals surface area contributed by atoms with E-state index < -0.39 is 0 Å². The van der Waals surface area contributed by atoms with Crippen molar-refractivity contribution in [3.63, 3.8) is 0 Å². The molecule has 0 spiro atoms. The number of rotatable bonds is 28. The molecule has 4 aliphatic carbocycles. The molecule has 8 unspecified atom stereocenters. The first-order chi connectivity index (χ1) is 25.7. The molecule has 0 aromatic carbocycles. The first-order valence-corrected chi connectivity index (χ1v) is 24.6. The lowest BCUT2D eigenvalue weighted by Crippen LogP contribution is -2.51. The molecule has 0 aliphatic heterocycles. The number of hydrogen-bond donors (Lipinski definition) is 0. The van der Waals surface area contributed by atoms with Crippen molar-refractivity contribution in [2.75, 3.05) is 0 Å². The minimum absolute atomic E-state index is 0.0682. The summed E-state index contributed by atoms with van der Waals surface area (Å²) in [4.78, 5) is 12.9. The summed E-state index contributed by atoms with van der Waals surface area (Å²) in [6.07, 6.45) is 47.3. The lowest BCUT2D eigenvalue weighted by Gasteiger charge is -2.58. The molecule has 0 aromatic rings. The SMILES string of the molecule is CCCCCCCCCCCCCCCCCCCCCCCC(=O)OC1CCC2(C)C(=CCC3C2CCC2(C)C(C(C)CCCC(C)C)CCC32)C1. The number of hydrogen-bond acceptors (Lipinski definition) is 2. The molecule has 0 radical (unpaired) electrons. The first-order valence-electron chi connectivity index (χ1n) is 24.6. The second-order valence-electron chi connectivity index (χ2n) is 20.5. The van der Waals surface area contributed by atoms with Gasteiger partial charge < -0.3 is 4.74 Å². The second-order valence-corrected chi connectivity index (χ2v) is 20.5. The van der Waals surface area contributed by atoms with Crippen LogP contribution in [0.1, 0.15) is 253 Å². The molecular formula is C51H92O2. The maximum Gasteiger partial charge on any atom is 0.306 e. The summed E-state index contributed by atoms with van der Waals surface area (Å²) in [5.41, 5.74) is 2.54. The fraction of sp³-hybridized carbons (Fsp3) is 0.941. The quantitative estimate of drug-likeness (QED) is 0.0454.